The number of likely N-dealkylation sites (tertiary alicyclic amines) is 1. The molecule has 1 aromatic carbocycles. The van der Waals surface area contributed by atoms with Gasteiger partial charge in [-0.3, -0.25) is 4.99 Å². The first-order chi connectivity index (χ1) is 11.7. The Hall–Kier alpha value is -1.02. The molecule has 1 aliphatic heterocycles. The van der Waals surface area contributed by atoms with E-state index >= 15 is 0 Å². The summed E-state index contributed by atoms with van der Waals surface area (Å²) in [4.78, 5) is 6.87. The Kier molecular flexibility index (Phi) is 10.9. The van der Waals surface area contributed by atoms with Crippen LogP contribution in [0.25, 0.3) is 0 Å². The summed E-state index contributed by atoms with van der Waals surface area (Å²) in [6.07, 6.45) is 3.83. The third-order valence-electron chi connectivity index (χ3n) is 4.68. The van der Waals surface area contributed by atoms with Crippen molar-refractivity contribution in [2.45, 2.75) is 32.7 Å². The first kappa shape index (κ1) is 22.0. The van der Waals surface area contributed by atoms with Gasteiger partial charge in [-0.05, 0) is 50.9 Å². The van der Waals surface area contributed by atoms with Gasteiger partial charge in [-0.2, -0.15) is 0 Å². The average Bonchev–Trinajstić information content (AvgIpc) is 2.63. The van der Waals surface area contributed by atoms with Gasteiger partial charge in [0.2, 0.25) is 0 Å². The molecule has 0 amide bonds. The molecule has 0 aliphatic carbocycles. The van der Waals surface area contributed by atoms with Crippen molar-refractivity contribution in [3.05, 3.63) is 29.8 Å². The number of nitrogens with one attached hydrogen (secondary N) is 2. The Balaban J connectivity index is 0.00000312. The molecule has 1 aromatic rings. The van der Waals surface area contributed by atoms with Crippen molar-refractivity contribution < 1.29 is 4.74 Å². The largest absolute Gasteiger partial charge is 0.496 e. The fourth-order valence-corrected chi connectivity index (χ4v) is 3.04. The van der Waals surface area contributed by atoms with Crippen LogP contribution in [0.15, 0.2) is 29.3 Å². The third-order valence-corrected chi connectivity index (χ3v) is 4.68. The number of benzene rings is 1. The summed E-state index contributed by atoms with van der Waals surface area (Å²) in [7, 11) is 3.51. The average molecular weight is 460 g/mol. The van der Waals surface area contributed by atoms with E-state index in [4.69, 9.17) is 4.74 Å². The monoisotopic (exact) mass is 460 g/mol. The van der Waals surface area contributed by atoms with Gasteiger partial charge in [0, 0.05) is 25.7 Å². The maximum atomic E-state index is 5.38. The molecule has 2 rings (SSSR count). The Morgan fingerprint density at radius 2 is 1.96 bits per heavy atom. The maximum Gasteiger partial charge on any atom is 0.191 e. The van der Waals surface area contributed by atoms with Crippen molar-refractivity contribution in [2.24, 2.45) is 10.9 Å². The summed E-state index contributed by atoms with van der Waals surface area (Å²) in [6.45, 7) is 7.68. The lowest BCUT2D eigenvalue weighted by Gasteiger charge is -2.30. The predicted molar refractivity (Wildman–Crippen MR) is 116 cm³/mol. The third kappa shape index (κ3) is 7.81. The van der Waals surface area contributed by atoms with Crippen LogP contribution in [-0.2, 0) is 6.54 Å². The second-order valence-corrected chi connectivity index (χ2v) is 6.54. The molecule has 0 unspecified atom stereocenters. The molecule has 0 radical (unpaired) electrons. The number of guanidine groups is 1. The first-order valence-corrected chi connectivity index (χ1v) is 9.01. The van der Waals surface area contributed by atoms with Crippen molar-refractivity contribution in [1.29, 1.82) is 0 Å². The smallest absolute Gasteiger partial charge is 0.191 e. The number of ether oxygens (including phenoxy) is 1. The van der Waals surface area contributed by atoms with Gasteiger partial charge in [-0.25, -0.2) is 0 Å². The van der Waals surface area contributed by atoms with Crippen LogP contribution in [-0.4, -0.2) is 51.2 Å². The molecular weight excluding hydrogens is 427 g/mol. The second-order valence-electron chi connectivity index (χ2n) is 6.54. The number of piperidine rings is 1. The number of aliphatic imine (C=N–C) groups is 1. The van der Waals surface area contributed by atoms with Crippen LogP contribution >= 0.6 is 24.0 Å². The molecule has 1 aliphatic rings. The highest BCUT2D eigenvalue weighted by molar-refractivity contribution is 14.0. The SMILES string of the molecule is CN=C(NCCCN1CCC(C)CC1)NCc1ccccc1OC.I. The second kappa shape index (κ2) is 12.4. The minimum Gasteiger partial charge on any atom is -0.496 e. The van der Waals surface area contributed by atoms with Crippen molar-refractivity contribution in [3.8, 4) is 5.75 Å². The van der Waals surface area contributed by atoms with Crippen molar-refractivity contribution in [1.82, 2.24) is 15.5 Å². The number of halogens is 1. The quantitative estimate of drug-likeness (QED) is 0.284. The van der Waals surface area contributed by atoms with E-state index in [1.54, 1.807) is 7.11 Å². The zero-order chi connectivity index (χ0) is 17.2. The standard InChI is InChI=1S/C19H32N4O.HI/c1-16-9-13-23(14-10-16)12-6-11-21-19(20-2)22-15-17-7-4-5-8-18(17)24-3;/h4-5,7-8,16H,6,9-15H2,1-3H3,(H2,20,21,22);1H. The number of hydrogen-bond donors (Lipinski definition) is 2. The number of nitrogens with zero attached hydrogens (tertiary/aromatic N) is 2. The fraction of sp³-hybridized carbons (Fsp3) is 0.632. The molecule has 0 spiro atoms. The predicted octanol–water partition coefficient (Wildman–Crippen LogP) is 3.10. The van der Waals surface area contributed by atoms with Crippen LogP contribution in [0.2, 0.25) is 0 Å². The zero-order valence-corrected chi connectivity index (χ0v) is 18.1. The molecule has 1 saturated heterocycles. The topological polar surface area (TPSA) is 48.9 Å². The van der Waals surface area contributed by atoms with Crippen LogP contribution < -0.4 is 15.4 Å². The molecule has 0 saturated carbocycles. The van der Waals surface area contributed by atoms with E-state index in [1.807, 2.05) is 25.2 Å². The minimum absolute atomic E-state index is 0. The summed E-state index contributed by atoms with van der Waals surface area (Å²) in [5.74, 6) is 2.64. The molecule has 5 nitrogen and oxygen atoms in total. The molecular formula is C19H33IN4O. The van der Waals surface area contributed by atoms with Crippen molar-refractivity contribution in [3.63, 3.8) is 0 Å². The maximum absolute atomic E-state index is 5.38. The molecule has 0 bridgehead atoms. The highest BCUT2D eigenvalue weighted by atomic mass is 127. The van der Waals surface area contributed by atoms with Crippen molar-refractivity contribution >= 4 is 29.9 Å². The van der Waals surface area contributed by atoms with E-state index in [0.717, 1.165) is 36.2 Å². The van der Waals surface area contributed by atoms with Crippen LogP contribution in [0, 0.1) is 5.92 Å². The highest BCUT2D eigenvalue weighted by Crippen LogP contribution is 2.17. The van der Waals surface area contributed by atoms with Crippen LogP contribution in [0.3, 0.4) is 0 Å². The van der Waals surface area contributed by atoms with Crippen LogP contribution in [0.4, 0.5) is 0 Å². The first-order valence-electron chi connectivity index (χ1n) is 9.01. The van der Waals surface area contributed by atoms with E-state index in [-0.39, 0.29) is 24.0 Å². The van der Waals surface area contributed by atoms with Gasteiger partial charge in [0.25, 0.3) is 0 Å². The lowest BCUT2D eigenvalue weighted by Crippen LogP contribution is -2.39. The van der Waals surface area contributed by atoms with Crippen molar-refractivity contribution in [2.75, 3.05) is 40.3 Å². The number of methoxy groups -OCH3 is 1. The van der Waals surface area contributed by atoms with Gasteiger partial charge in [-0.15, -0.1) is 24.0 Å². The van der Waals surface area contributed by atoms with Gasteiger partial charge < -0.3 is 20.3 Å². The number of hydrogen-bond acceptors (Lipinski definition) is 3. The summed E-state index contributed by atoms with van der Waals surface area (Å²) in [5, 5.41) is 6.75. The fourth-order valence-electron chi connectivity index (χ4n) is 3.04. The minimum atomic E-state index is 0. The van der Waals surface area contributed by atoms with Gasteiger partial charge in [0.15, 0.2) is 5.96 Å². The molecule has 1 heterocycles. The van der Waals surface area contributed by atoms with E-state index in [9.17, 15) is 0 Å². The molecule has 0 atom stereocenters. The van der Waals surface area contributed by atoms with Crippen LogP contribution in [0.5, 0.6) is 5.75 Å². The van der Waals surface area contributed by atoms with Crippen LogP contribution in [0.1, 0.15) is 31.7 Å². The molecule has 0 aromatic heterocycles. The van der Waals surface area contributed by atoms with E-state index in [0.29, 0.717) is 6.54 Å². The Morgan fingerprint density at radius 1 is 1.24 bits per heavy atom. The van der Waals surface area contributed by atoms with Gasteiger partial charge in [0.05, 0.1) is 7.11 Å². The Bertz CT molecular complexity index is 516. The molecule has 1 fully saturated rings. The Labute approximate surface area is 169 Å². The summed E-state index contributed by atoms with van der Waals surface area (Å²) < 4.78 is 5.38. The molecule has 25 heavy (non-hydrogen) atoms. The molecule has 142 valence electrons. The summed E-state index contributed by atoms with van der Waals surface area (Å²) in [5.41, 5.74) is 1.13. The van der Waals surface area contributed by atoms with Gasteiger partial charge >= 0.3 is 0 Å². The Morgan fingerprint density at radius 3 is 2.64 bits per heavy atom. The summed E-state index contributed by atoms with van der Waals surface area (Å²) in [6, 6.07) is 8.05. The number of rotatable bonds is 7. The van der Waals surface area contributed by atoms with E-state index in [2.05, 4.69) is 33.5 Å². The number of para-hydroxylation sites is 1. The summed E-state index contributed by atoms with van der Waals surface area (Å²) >= 11 is 0. The zero-order valence-electron chi connectivity index (χ0n) is 15.8. The van der Waals surface area contributed by atoms with Gasteiger partial charge in [-0.1, -0.05) is 25.1 Å². The normalized spacial score (nSPS) is 16.2. The highest BCUT2D eigenvalue weighted by Gasteiger charge is 2.14. The van der Waals surface area contributed by atoms with Gasteiger partial charge in [0.1, 0.15) is 5.75 Å². The molecule has 6 heteroatoms. The van der Waals surface area contributed by atoms with E-state index in [1.165, 1.54) is 32.5 Å². The lowest BCUT2D eigenvalue weighted by molar-refractivity contribution is 0.191. The van der Waals surface area contributed by atoms with E-state index < -0.39 is 0 Å². The lowest BCUT2D eigenvalue weighted by atomic mass is 9.99. The molecule has 2 N–H and O–H groups in total.